The third-order valence-corrected chi connectivity index (χ3v) is 3.46. The molecule has 27 heavy (non-hydrogen) atoms. The highest BCUT2D eigenvalue weighted by molar-refractivity contribution is 5.97. The van der Waals surface area contributed by atoms with Gasteiger partial charge in [0, 0.05) is 5.56 Å². The van der Waals surface area contributed by atoms with E-state index in [4.69, 9.17) is 10.00 Å². The molecule has 0 saturated heterocycles. The van der Waals surface area contributed by atoms with Crippen LogP contribution in [0.3, 0.4) is 0 Å². The Morgan fingerprint density at radius 1 is 1.04 bits per heavy atom. The molecule has 0 spiro atoms. The second-order valence-electron chi connectivity index (χ2n) is 5.52. The predicted molar refractivity (Wildman–Crippen MR) is 96.3 cm³/mol. The summed E-state index contributed by atoms with van der Waals surface area (Å²) in [7, 11) is 0. The third-order valence-electron chi connectivity index (χ3n) is 3.46. The van der Waals surface area contributed by atoms with Gasteiger partial charge in [-0.25, -0.2) is 0 Å². The van der Waals surface area contributed by atoms with Gasteiger partial charge in [0.05, 0.1) is 11.6 Å². The number of rotatable bonds is 6. The van der Waals surface area contributed by atoms with Crippen molar-refractivity contribution in [2.75, 3.05) is 6.61 Å². The summed E-state index contributed by atoms with van der Waals surface area (Å²) in [4.78, 5) is 35.7. The van der Waals surface area contributed by atoms with Gasteiger partial charge in [-0.15, -0.1) is 0 Å². The van der Waals surface area contributed by atoms with E-state index < -0.39 is 23.8 Å². The topological polar surface area (TPSA) is 120 Å². The number of hydrogen-bond acceptors (Lipinski definition) is 5. The summed E-state index contributed by atoms with van der Waals surface area (Å²) in [6.45, 7) is 1.17. The van der Waals surface area contributed by atoms with Crippen LogP contribution in [0.4, 0.5) is 0 Å². The number of carbonyl (C=O) groups excluding carboxylic acids is 3. The first-order valence-corrected chi connectivity index (χ1v) is 8.07. The lowest BCUT2D eigenvalue weighted by Gasteiger charge is -2.15. The van der Waals surface area contributed by atoms with Crippen molar-refractivity contribution < 1.29 is 19.1 Å². The highest BCUT2D eigenvalue weighted by atomic mass is 16.5. The summed E-state index contributed by atoms with van der Waals surface area (Å²) in [6, 6.07) is 15.8. The first-order chi connectivity index (χ1) is 13.0. The Balaban J connectivity index is 1.72. The molecule has 2 rings (SSSR count). The lowest BCUT2D eigenvalue weighted by molar-refractivity contribution is -0.130. The zero-order valence-corrected chi connectivity index (χ0v) is 14.6. The van der Waals surface area contributed by atoms with E-state index in [0.717, 1.165) is 0 Å². The van der Waals surface area contributed by atoms with Crippen LogP contribution in [0.25, 0.3) is 0 Å². The first kappa shape index (κ1) is 19.5. The highest BCUT2D eigenvalue weighted by Gasteiger charge is 2.17. The molecule has 3 amide bonds. The Kier molecular flexibility index (Phi) is 6.91. The van der Waals surface area contributed by atoms with Crippen molar-refractivity contribution in [1.29, 1.82) is 5.26 Å². The van der Waals surface area contributed by atoms with Crippen molar-refractivity contribution >= 4 is 17.7 Å². The summed E-state index contributed by atoms with van der Waals surface area (Å²) >= 11 is 0. The third kappa shape index (κ3) is 6.17. The van der Waals surface area contributed by atoms with E-state index in [2.05, 4.69) is 16.2 Å². The smallest absolute Gasteiger partial charge is 0.276 e. The molecular weight excluding hydrogens is 348 g/mol. The number of nitrogens with zero attached hydrogens (tertiary/aromatic N) is 1. The Morgan fingerprint density at radius 2 is 1.70 bits per heavy atom. The van der Waals surface area contributed by atoms with Crippen LogP contribution in [0.5, 0.6) is 5.75 Å². The molecule has 138 valence electrons. The van der Waals surface area contributed by atoms with E-state index in [1.807, 2.05) is 6.07 Å². The molecule has 8 heteroatoms. The number of hydrazine groups is 1. The summed E-state index contributed by atoms with van der Waals surface area (Å²) in [6.07, 6.45) is 0. The zero-order chi connectivity index (χ0) is 19.6. The second-order valence-corrected chi connectivity index (χ2v) is 5.52. The highest BCUT2D eigenvalue weighted by Crippen LogP contribution is 2.11. The molecule has 2 aromatic rings. The van der Waals surface area contributed by atoms with Crippen LogP contribution in [-0.4, -0.2) is 30.4 Å². The van der Waals surface area contributed by atoms with Crippen molar-refractivity contribution in [2.24, 2.45) is 0 Å². The van der Waals surface area contributed by atoms with Crippen LogP contribution < -0.4 is 20.9 Å². The van der Waals surface area contributed by atoms with Crippen molar-refractivity contribution in [2.45, 2.75) is 13.0 Å². The normalized spacial score (nSPS) is 10.8. The van der Waals surface area contributed by atoms with E-state index in [0.29, 0.717) is 16.9 Å². The van der Waals surface area contributed by atoms with Crippen LogP contribution in [0.1, 0.15) is 22.8 Å². The van der Waals surface area contributed by atoms with Gasteiger partial charge in [-0.3, -0.25) is 25.2 Å². The van der Waals surface area contributed by atoms with Crippen molar-refractivity contribution in [1.82, 2.24) is 16.2 Å². The zero-order valence-electron chi connectivity index (χ0n) is 14.6. The Bertz CT molecular complexity index is 844. The van der Waals surface area contributed by atoms with Crippen molar-refractivity contribution in [3.05, 3.63) is 65.7 Å². The van der Waals surface area contributed by atoms with Gasteiger partial charge in [0.25, 0.3) is 17.7 Å². The van der Waals surface area contributed by atoms with Crippen LogP contribution in [0.15, 0.2) is 54.6 Å². The quantitative estimate of drug-likeness (QED) is 0.656. The average molecular weight is 366 g/mol. The number of nitrogens with one attached hydrogen (secondary N) is 3. The number of benzene rings is 2. The lowest BCUT2D eigenvalue weighted by atomic mass is 10.2. The van der Waals surface area contributed by atoms with Crippen LogP contribution in [-0.2, 0) is 9.59 Å². The molecule has 1 atom stereocenters. The number of nitriles is 1. The largest absolute Gasteiger partial charge is 0.484 e. The van der Waals surface area contributed by atoms with Crippen LogP contribution >= 0.6 is 0 Å². The fourth-order valence-corrected chi connectivity index (χ4v) is 1.99. The average Bonchev–Trinajstić information content (AvgIpc) is 2.71. The van der Waals surface area contributed by atoms with Gasteiger partial charge in [0.1, 0.15) is 11.8 Å². The standard InChI is InChI=1S/C19H18N4O4/c1-13(21-19(26)15-5-3-2-4-6-15)18(25)23-22-17(24)12-27-16-9-7-14(11-20)8-10-16/h2-10,13H,12H2,1H3,(H,21,26)(H,22,24)(H,23,25). The molecule has 1 unspecified atom stereocenters. The van der Waals surface area contributed by atoms with Gasteiger partial charge in [0.2, 0.25) is 0 Å². The van der Waals surface area contributed by atoms with E-state index in [9.17, 15) is 14.4 Å². The SMILES string of the molecule is CC(NC(=O)c1ccccc1)C(=O)NNC(=O)COc1ccc(C#N)cc1. The maximum Gasteiger partial charge on any atom is 0.276 e. The maximum atomic E-state index is 12.0. The summed E-state index contributed by atoms with van der Waals surface area (Å²) < 4.78 is 5.24. The van der Waals surface area contributed by atoms with E-state index >= 15 is 0 Å². The molecule has 8 nitrogen and oxygen atoms in total. The van der Waals surface area contributed by atoms with Gasteiger partial charge < -0.3 is 10.1 Å². The molecule has 0 heterocycles. The fraction of sp³-hybridized carbons (Fsp3) is 0.158. The number of amides is 3. The maximum absolute atomic E-state index is 12.0. The Morgan fingerprint density at radius 3 is 2.33 bits per heavy atom. The molecule has 0 fully saturated rings. The monoisotopic (exact) mass is 366 g/mol. The van der Waals surface area contributed by atoms with Gasteiger partial charge in [-0.05, 0) is 43.3 Å². The molecule has 0 radical (unpaired) electrons. The molecule has 3 N–H and O–H groups in total. The van der Waals surface area contributed by atoms with Crippen molar-refractivity contribution in [3.8, 4) is 11.8 Å². The second kappa shape index (κ2) is 9.58. The molecule has 2 aromatic carbocycles. The van der Waals surface area contributed by atoms with Crippen LogP contribution in [0.2, 0.25) is 0 Å². The van der Waals surface area contributed by atoms with Gasteiger partial charge in [-0.1, -0.05) is 18.2 Å². The minimum Gasteiger partial charge on any atom is -0.484 e. The minimum atomic E-state index is -0.850. The Labute approximate surface area is 156 Å². The minimum absolute atomic E-state index is 0.322. The lowest BCUT2D eigenvalue weighted by Crippen LogP contribution is -2.51. The van der Waals surface area contributed by atoms with Crippen molar-refractivity contribution in [3.63, 3.8) is 0 Å². The van der Waals surface area contributed by atoms with Crippen LogP contribution in [0, 0.1) is 11.3 Å². The predicted octanol–water partition coefficient (Wildman–Crippen LogP) is 0.903. The number of ether oxygens (including phenoxy) is 1. The van der Waals surface area contributed by atoms with E-state index in [1.54, 1.807) is 54.6 Å². The molecule has 0 bridgehead atoms. The Hall–Kier alpha value is -3.86. The first-order valence-electron chi connectivity index (χ1n) is 8.07. The number of hydrogen-bond donors (Lipinski definition) is 3. The molecule has 0 saturated carbocycles. The van der Waals surface area contributed by atoms with Gasteiger partial charge >= 0.3 is 0 Å². The molecule has 0 aromatic heterocycles. The fourth-order valence-electron chi connectivity index (χ4n) is 1.99. The molecule has 0 aliphatic heterocycles. The van der Waals surface area contributed by atoms with Gasteiger partial charge in [-0.2, -0.15) is 5.26 Å². The van der Waals surface area contributed by atoms with Gasteiger partial charge in [0.15, 0.2) is 6.61 Å². The summed E-state index contributed by atoms with van der Waals surface area (Å²) in [5.41, 5.74) is 5.32. The molecule has 0 aliphatic carbocycles. The number of carbonyl (C=O) groups is 3. The molecular formula is C19H18N4O4. The summed E-state index contributed by atoms with van der Waals surface area (Å²) in [5, 5.41) is 11.2. The van der Waals surface area contributed by atoms with E-state index in [-0.39, 0.29) is 6.61 Å². The van der Waals surface area contributed by atoms with E-state index in [1.165, 1.54) is 6.92 Å². The molecule has 0 aliphatic rings. The summed E-state index contributed by atoms with van der Waals surface area (Å²) in [5.74, 6) is -1.13.